The molecule has 0 aliphatic carbocycles. The van der Waals surface area contributed by atoms with Crippen LogP contribution in [0.4, 0.5) is 0 Å². The first-order chi connectivity index (χ1) is 10.3. The van der Waals surface area contributed by atoms with E-state index in [2.05, 4.69) is 10.1 Å². The number of ether oxygens (including phenoxy) is 1. The van der Waals surface area contributed by atoms with Gasteiger partial charge in [-0.3, -0.25) is 0 Å². The maximum Gasteiger partial charge on any atom is 0.155 e. The highest BCUT2D eigenvalue weighted by Crippen LogP contribution is 2.33. The first-order valence-electron chi connectivity index (χ1n) is 6.33. The molecule has 0 aliphatic heterocycles. The average Bonchev–Trinajstić information content (AvgIpc) is 3.09. The van der Waals surface area contributed by atoms with Gasteiger partial charge in [-0.15, -0.1) is 0 Å². The van der Waals surface area contributed by atoms with Crippen molar-refractivity contribution >= 4 is 28.2 Å². The van der Waals surface area contributed by atoms with Crippen LogP contribution in [-0.2, 0) is 0 Å². The van der Waals surface area contributed by atoms with Crippen LogP contribution in [0, 0.1) is 0 Å². The normalized spacial score (nSPS) is 11.3. The second kappa shape index (κ2) is 4.49. The Bertz CT molecular complexity index is 958. The first-order valence-corrected chi connectivity index (χ1v) is 6.71. The molecule has 0 bridgehead atoms. The second-order valence-electron chi connectivity index (χ2n) is 4.55. The Balaban J connectivity index is 1.98. The smallest absolute Gasteiger partial charge is 0.155 e. The van der Waals surface area contributed by atoms with Gasteiger partial charge in [0, 0.05) is 0 Å². The van der Waals surface area contributed by atoms with E-state index in [1.165, 1.54) is 0 Å². The van der Waals surface area contributed by atoms with Crippen molar-refractivity contribution in [3.05, 3.63) is 47.7 Å². The van der Waals surface area contributed by atoms with E-state index < -0.39 is 0 Å². The number of aromatic nitrogens is 3. The summed E-state index contributed by atoms with van der Waals surface area (Å²) in [4.78, 5) is 4.30. The topological polar surface area (TPSA) is 52.6 Å². The molecule has 0 unspecified atom stereocenters. The molecule has 3 aromatic heterocycles. The van der Waals surface area contributed by atoms with Gasteiger partial charge in [0.15, 0.2) is 11.4 Å². The van der Waals surface area contributed by atoms with E-state index >= 15 is 0 Å². The van der Waals surface area contributed by atoms with Crippen LogP contribution >= 0.6 is 11.6 Å². The highest BCUT2D eigenvalue weighted by molar-refractivity contribution is 6.29. The average molecular weight is 300 g/mol. The van der Waals surface area contributed by atoms with Crippen molar-refractivity contribution in [2.45, 2.75) is 0 Å². The number of halogens is 1. The van der Waals surface area contributed by atoms with Gasteiger partial charge in [-0.1, -0.05) is 17.7 Å². The van der Waals surface area contributed by atoms with Crippen molar-refractivity contribution in [3.8, 4) is 17.2 Å². The predicted octanol–water partition coefficient (Wildman–Crippen LogP) is 3.80. The SMILES string of the molecule is COc1cccc2oc(-c3cnc4ccc(Cl)nn34)cc12. The van der Waals surface area contributed by atoms with Crippen LogP contribution < -0.4 is 4.74 Å². The summed E-state index contributed by atoms with van der Waals surface area (Å²) in [5.74, 6) is 1.43. The van der Waals surface area contributed by atoms with Gasteiger partial charge in [0.25, 0.3) is 0 Å². The third-order valence-electron chi connectivity index (χ3n) is 3.32. The summed E-state index contributed by atoms with van der Waals surface area (Å²) in [6, 6.07) is 11.1. The van der Waals surface area contributed by atoms with Gasteiger partial charge >= 0.3 is 0 Å². The van der Waals surface area contributed by atoms with Crippen molar-refractivity contribution in [1.82, 2.24) is 14.6 Å². The summed E-state index contributed by atoms with van der Waals surface area (Å²) in [7, 11) is 1.64. The lowest BCUT2D eigenvalue weighted by Gasteiger charge is -1.98. The molecule has 0 amide bonds. The van der Waals surface area contributed by atoms with Gasteiger partial charge in [-0.2, -0.15) is 5.10 Å². The molecule has 0 atom stereocenters. The molecule has 3 heterocycles. The molecule has 0 spiro atoms. The van der Waals surface area contributed by atoms with Gasteiger partial charge in [-0.25, -0.2) is 9.50 Å². The molecule has 0 aliphatic rings. The Kier molecular flexibility index (Phi) is 2.62. The van der Waals surface area contributed by atoms with Gasteiger partial charge in [0.05, 0.1) is 18.7 Å². The van der Waals surface area contributed by atoms with E-state index in [0.717, 1.165) is 22.4 Å². The third kappa shape index (κ3) is 1.86. The highest BCUT2D eigenvalue weighted by atomic mass is 35.5. The molecule has 0 saturated heterocycles. The molecule has 4 aromatic rings. The van der Waals surface area contributed by atoms with Gasteiger partial charge < -0.3 is 9.15 Å². The van der Waals surface area contributed by atoms with Crippen LogP contribution in [0.25, 0.3) is 28.1 Å². The maximum atomic E-state index is 5.95. The third-order valence-corrected chi connectivity index (χ3v) is 3.53. The van der Waals surface area contributed by atoms with Crippen molar-refractivity contribution in [1.29, 1.82) is 0 Å². The number of fused-ring (bicyclic) bond motifs is 2. The minimum absolute atomic E-state index is 0.399. The molecular formula is C15H10ClN3O2. The van der Waals surface area contributed by atoms with E-state index in [1.54, 1.807) is 23.9 Å². The first kappa shape index (κ1) is 12.2. The Hall–Kier alpha value is -2.53. The zero-order valence-electron chi connectivity index (χ0n) is 11.1. The molecule has 4 rings (SSSR count). The van der Waals surface area contributed by atoms with Crippen molar-refractivity contribution < 1.29 is 9.15 Å². The monoisotopic (exact) mass is 299 g/mol. The van der Waals surface area contributed by atoms with Crippen LogP contribution in [0.2, 0.25) is 5.15 Å². The number of rotatable bonds is 2. The summed E-state index contributed by atoms with van der Waals surface area (Å²) in [6.45, 7) is 0. The van der Waals surface area contributed by atoms with Crippen LogP contribution in [0.15, 0.2) is 47.0 Å². The van der Waals surface area contributed by atoms with Crippen LogP contribution in [0.5, 0.6) is 5.75 Å². The predicted molar refractivity (Wildman–Crippen MR) is 79.8 cm³/mol. The molecule has 0 saturated carbocycles. The summed E-state index contributed by atoms with van der Waals surface area (Å²) in [5, 5.41) is 5.56. The van der Waals surface area contributed by atoms with Crippen molar-refractivity contribution in [2.24, 2.45) is 0 Å². The lowest BCUT2D eigenvalue weighted by molar-refractivity contribution is 0.419. The van der Waals surface area contributed by atoms with E-state index in [1.807, 2.05) is 30.3 Å². The largest absolute Gasteiger partial charge is 0.496 e. The lowest BCUT2D eigenvalue weighted by Crippen LogP contribution is -1.93. The molecule has 1 aromatic carbocycles. The Morgan fingerprint density at radius 2 is 2.14 bits per heavy atom. The highest BCUT2D eigenvalue weighted by Gasteiger charge is 2.14. The Morgan fingerprint density at radius 1 is 1.24 bits per heavy atom. The zero-order valence-corrected chi connectivity index (χ0v) is 11.8. The quantitative estimate of drug-likeness (QED) is 0.565. The van der Waals surface area contributed by atoms with E-state index in [9.17, 15) is 0 Å². The number of hydrogen-bond donors (Lipinski definition) is 0. The zero-order chi connectivity index (χ0) is 14.4. The summed E-state index contributed by atoms with van der Waals surface area (Å²) < 4.78 is 12.9. The molecule has 6 heteroatoms. The molecule has 5 nitrogen and oxygen atoms in total. The Morgan fingerprint density at radius 3 is 3.00 bits per heavy atom. The van der Waals surface area contributed by atoms with Crippen molar-refractivity contribution in [2.75, 3.05) is 7.11 Å². The minimum Gasteiger partial charge on any atom is -0.496 e. The number of methoxy groups -OCH3 is 1. The summed E-state index contributed by atoms with van der Waals surface area (Å²) in [5.41, 5.74) is 2.20. The molecule has 0 fully saturated rings. The fraction of sp³-hybridized carbons (Fsp3) is 0.0667. The molecule has 0 radical (unpaired) electrons. The van der Waals surface area contributed by atoms with Gasteiger partial charge in [0.1, 0.15) is 22.2 Å². The number of hydrogen-bond acceptors (Lipinski definition) is 4. The maximum absolute atomic E-state index is 5.95. The minimum atomic E-state index is 0.399. The van der Waals surface area contributed by atoms with E-state index in [-0.39, 0.29) is 0 Å². The molecular weight excluding hydrogens is 290 g/mol. The van der Waals surface area contributed by atoms with Gasteiger partial charge in [0.2, 0.25) is 0 Å². The molecule has 0 N–H and O–H groups in total. The molecule has 104 valence electrons. The fourth-order valence-electron chi connectivity index (χ4n) is 2.36. The van der Waals surface area contributed by atoms with Crippen molar-refractivity contribution in [3.63, 3.8) is 0 Å². The summed E-state index contributed by atoms with van der Waals surface area (Å²) in [6.07, 6.45) is 1.71. The fourth-order valence-corrected chi connectivity index (χ4v) is 2.50. The lowest BCUT2D eigenvalue weighted by atomic mass is 10.2. The standard InChI is InChI=1S/C15H10ClN3O2/c1-20-11-3-2-4-12-9(11)7-13(21-12)10-8-17-15-6-5-14(16)18-19(10)15/h2-8H,1H3. The number of benzene rings is 1. The van der Waals surface area contributed by atoms with Crippen LogP contribution in [-0.4, -0.2) is 21.7 Å². The van der Waals surface area contributed by atoms with Crippen LogP contribution in [0.1, 0.15) is 0 Å². The van der Waals surface area contributed by atoms with E-state index in [4.69, 9.17) is 20.8 Å². The Labute approximate surface area is 124 Å². The van der Waals surface area contributed by atoms with E-state index in [0.29, 0.717) is 16.6 Å². The van der Waals surface area contributed by atoms with Crippen LogP contribution in [0.3, 0.4) is 0 Å². The van der Waals surface area contributed by atoms with Gasteiger partial charge in [-0.05, 0) is 30.3 Å². The number of furan rings is 1. The number of imidazole rings is 1. The second-order valence-corrected chi connectivity index (χ2v) is 4.94. The summed E-state index contributed by atoms with van der Waals surface area (Å²) >= 11 is 5.95. The number of nitrogens with zero attached hydrogens (tertiary/aromatic N) is 3. The molecule has 21 heavy (non-hydrogen) atoms.